The van der Waals surface area contributed by atoms with Gasteiger partial charge in [0.1, 0.15) is 18.4 Å². The first-order chi connectivity index (χ1) is 18.2. The van der Waals surface area contributed by atoms with Crippen molar-refractivity contribution in [3.05, 3.63) is 95.3 Å². The SMILES string of the molecule is Cc1ccc(S(=O)(=O)N(CC(=O)N(Cc2ccccc2C)[C@H](C)C(=O)NC(C)(C)C)c2ccc(F)cc2)cc1. The van der Waals surface area contributed by atoms with E-state index in [1.54, 1.807) is 19.1 Å². The number of carbonyl (C=O) groups excluding carboxylic acids is 2. The van der Waals surface area contributed by atoms with Crippen LogP contribution in [0.2, 0.25) is 0 Å². The van der Waals surface area contributed by atoms with E-state index in [9.17, 15) is 22.4 Å². The van der Waals surface area contributed by atoms with Crippen molar-refractivity contribution >= 4 is 27.5 Å². The Labute approximate surface area is 230 Å². The van der Waals surface area contributed by atoms with Gasteiger partial charge in [-0.15, -0.1) is 0 Å². The molecule has 0 saturated heterocycles. The molecule has 3 aromatic rings. The van der Waals surface area contributed by atoms with Crippen LogP contribution in [0.25, 0.3) is 0 Å². The van der Waals surface area contributed by atoms with E-state index >= 15 is 0 Å². The lowest BCUT2D eigenvalue weighted by Gasteiger charge is -2.33. The Morgan fingerprint density at radius 1 is 0.923 bits per heavy atom. The summed E-state index contributed by atoms with van der Waals surface area (Å²) in [6.45, 7) is 10.4. The van der Waals surface area contributed by atoms with E-state index in [2.05, 4.69) is 5.32 Å². The van der Waals surface area contributed by atoms with Crippen molar-refractivity contribution < 1.29 is 22.4 Å². The molecular formula is C30H36FN3O4S. The highest BCUT2D eigenvalue weighted by molar-refractivity contribution is 7.92. The molecule has 3 aromatic carbocycles. The topological polar surface area (TPSA) is 86.8 Å². The van der Waals surface area contributed by atoms with Crippen LogP contribution in [0.15, 0.2) is 77.7 Å². The Balaban J connectivity index is 2.04. The van der Waals surface area contributed by atoms with E-state index < -0.39 is 39.9 Å². The van der Waals surface area contributed by atoms with Crippen molar-refractivity contribution in [2.75, 3.05) is 10.8 Å². The number of sulfonamides is 1. The molecule has 0 unspecified atom stereocenters. The van der Waals surface area contributed by atoms with Gasteiger partial charge < -0.3 is 10.2 Å². The number of nitrogens with one attached hydrogen (secondary N) is 1. The van der Waals surface area contributed by atoms with Gasteiger partial charge >= 0.3 is 0 Å². The molecule has 39 heavy (non-hydrogen) atoms. The Hall–Kier alpha value is -3.72. The van der Waals surface area contributed by atoms with Crippen LogP contribution < -0.4 is 9.62 Å². The van der Waals surface area contributed by atoms with Crippen molar-refractivity contribution in [1.29, 1.82) is 0 Å². The van der Waals surface area contributed by atoms with Crippen LogP contribution >= 0.6 is 0 Å². The second-order valence-electron chi connectivity index (χ2n) is 10.7. The molecule has 0 aliphatic rings. The van der Waals surface area contributed by atoms with Gasteiger partial charge in [0.25, 0.3) is 10.0 Å². The first-order valence-electron chi connectivity index (χ1n) is 12.7. The highest BCUT2D eigenvalue weighted by Crippen LogP contribution is 2.25. The van der Waals surface area contributed by atoms with Gasteiger partial charge in [-0.3, -0.25) is 13.9 Å². The Morgan fingerprint density at radius 2 is 1.51 bits per heavy atom. The standard InChI is InChI=1S/C30H36FN3O4S/c1-21-11-17-27(18-12-21)39(37,38)34(26-15-13-25(31)14-16-26)20-28(35)33(19-24-10-8-7-9-22(24)2)23(3)29(36)32-30(4,5)6/h7-18,23H,19-20H2,1-6H3,(H,32,36)/t23-/m1/s1. The number of hydrogen-bond acceptors (Lipinski definition) is 4. The molecule has 2 amide bonds. The van der Waals surface area contributed by atoms with Gasteiger partial charge in [-0.25, -0.2) is 12.8 Å². The van der Waals surface area contributed by atoms with Gasteiger partial charge in [-0.2, -0.15) is 0 Å². The summed E-state index contributed by atoms with van der Waals surface area (Å²) in [6, 6.07) is 17.8. The number of halogens is 1. The Morgan fingerprint density at radius 3 is 2.08 bits per heavy atom. The molecule has 1 atom stereocenters. The van der Waals surface area contributed by atoms with Gasteiger partial charge in [0, 0.05) is 12.1 Å². The molecule has 0 aliphatic heterocycles. The molecule has 0 fully saturated rings. The Kier molecular flexibility index (Phi) is 9.17. The predicted molar refractivity (Wildman–Crippen MR) is 151 cm³/mol. The lowest BCUT2D eigenvalue weighted by Crippen LogP contribution is -2.54. The summed E-state index contributed by atoms with van der Waals surface area (Å²) in [4.78, 5) is 28.4. The molecule has 9 heteroatoms. The van der Waals surface area contributed by atoms with E-state index in [0.29, 0.717) is 0 Å². The lowest BCUT2D eigenvalue weighted by atomic mass is 10.1. The van der Waals surface area contributed by atoms with Crippen LogP contribution in [0.5, 0.6) is 0 Å². The summed E-state index contributed by atoms with van der Waals surface area (Å²) in [5, 5.41) is 2.90. The summed E-state index contributed by atoms with van der Waals surface area (Å²) in [5.74, 6) is -1.47. The third-order valence-corrected chi connectivity index (χ3v) is 8.06. The molecule has 3 rings (SSSR count). The fraction of sp³-hybridized carbons (Fsp3) is 0.333. The Bertz CT molecular complexity index is 1420. The van der Waals surface area contributed by atoms with Gasteiger partial charge in [-0.1, -0.05) is 42.0 Å². The molecular weight excluding hydrogens is 517 g/mol. The lowest BCUT2D eigenvalue weighted by molar-refractivity contribution is -0.140. The second kappa shape index (κ2) is 12.0. The third-order valence-electron chi connectivity index (χ3n) is 6.27. The zero-order valence-electron chi connectivity index (χ0n) is 23.2. The van der Waals surface area contributed by atoms with E-state index in [1.165, 1.54) is 29.2 Å². The number of amides is 2. The highest BCUT2D eigenvalue weighted by Gasteiger charge is 2.33. The van der Waals surface area contributed by atoms with Crippen molar-refractivity contribution in [2.24, 2.45) is 0 Å². The third kappa shape index (κ3) is 7.66. The monoisotopic (exact) mass is 553 g/mol. The van der Waals surface area contributed by atoms with Crippen LogP contribution in [0.3, 0.4) is 0 Å². The van der Waals surface area contributed by atoms with Crippen molar-refractivity contribution in [3.63, 3.8) is 0 Å². The minimum absolute atomic E-state index is 0.00537. The summed E-state index contributed by atoms with van der Waals surface area (Å²) in [6.07, 6.45) is 0. The number of hydrogen-bond donors (Lipinski definition) is 1. The van der Waals surface area contributed by atoms with Crippen LogP contribution in [0.1, 0.15) is 44.4 Å². The predicted octanol–water partition coefficient (Wildman–Crippen LogP) is 4.97. The number of rotatable bonds is 9. The van der Waals surface area contributed by atoms with Gasteiger partial charge in [-0.05, 0) is 89.1 Å². The molecule has 0 radical (unpaired) electrons. The van der Waals surface area contributed by atoms with E-state index in [1.807, 2.05) is 58.9 Å². The molecule has 7 nitrogen and oxygen atoms in total. The van der Waals surface area contributed by atoms with Crippen molar-refractivity contribution in [2.45, 2.75) is 64.6 Å². The summed E-state index contributed by atoms with van der Waals surface area (Å²) >= 11 is 0. The molecule has 0 spiro atoms. The summed E-state index contributed by atoms with van der Waals surface area (Å²) in [5.41, 5.74) is 2.24. The van der Waals surface area contributed by atoms with Crippen LogP contribution in [0.4, 0.5) is 10.1 Å². The molecule has 1 N–H and O–H groups in total. The maximum Gasteiger partial charge on any atom is 0.264 e. The molecule has 0 heterocycles. The van der Waals surface area contributed by atoms with Crippen LogP contribution in [0, 0.1) is 19.7 Å². The minimum atomic E-state index is -4.21. The van der Waals surface area contributed by atoms with Crippen LogP contribution in [-0.2, 0) is 26.2 Å². The minimum Gasteiger partial charge on any atom is -0.350 e. The molecule has 0 aromatic heterocycles. The normalized spacial score (nSPS) is 12.5. The van der Waals surface area contributed by atoms with E-state index in [-0.39, 0.29) is 23.0 Å². The molecule has 0 saturated carbocycles. The van der Waals surface area contributed by atoms with Crippen molar-refractivity contribution in [1.82, 2.24) is 10.2 Å². The fourth-order valence-electron chi connectivity index (χ4n) is 4.00. The molecule has 0 bridgehead atoms. The number of aryl methyl sites for hydroxylation is 2. The number of nitrogens with zero attached hydrogens (tertiary/aromatic N) is 2. The first kappa shape index (κ1) is 29.8. The van der Waals surface area contributed by atoms with Gasteiger partial charge in [0.15, 0.2) is 0 Å². The zero-order valence-corrected chi connectivity index (χ0v) is 24.0. The van der Waals surface area contributed by atoms with E-state index in [0.717, 1.165) is 33.1 Å². The quantitative estimate of drug-likeness (QED) is 0.405. The van der Waals surface area contributed by atoms with Gasteiger partial charge in [0.05, 0.1) is 10.6 Å². The summed E-state index contributed by atoms with van der Waals surface area (Å²) < 4.78 is 42.2. The van der Waals surface area contributed by atoms with Crippen LogP contribution in [-0.4, -0.2) is 43.3 Å². The number of anilines is 1. The largest absolute Gasteiger partial charge is 0.350 e. The number of carbonyl (C=O) groups is 2. The smallest absolute Gasteiger partial charge is 0.264 e. The van der Waals surface area contributed by atoms with E-state index in [4.69, 9.17) is 0 Å². The highest BCUT2D eigenvalue weighted by atomic mass is 32.2. The second-order valence-corrected chi connectivity index (χ2v) is 12.5. The average molecular weight is 554 g/mol. The molecule has 208 valence electrons. The number of benzene rings is 3. The zero-order chi connectivity index (χ0) is 29.0. The maximum atomic E-state index is 13.9. The molecule has 0 aliphatic carbocycles. The summed E-state index contributed by atoms with van der Waals surface area (Å²) in [7, 11) is -4.21. The maximum absolute atomic E-state index is 13.9. The first-order valence-corrected chi connectivity index (χ1v) is 14.1. The van der Waals surface area contributed by atoms with Crippen molar-refractivity contribution in [3.8, 4) is 0 Å². The average Bonchev–Trinajstić information content (AvgIpc) is 2.86. The van der Waals surface area contributed by atoms with Gasteiger partial charge in [0.2, 0.25) is 11.8 Å². The fourth-order valence-corrected chi connectivity index (χ4v) is 5.42.